The summed E-state index contributed by atoms with van der Waals surface area (Å²) >= 11 is -2.55. The van der Waals surface area contributed by atoms with Crippen molar-refractivity contribution in [2.45, 2.75) is 6.61 Å². The van der Waals surface area contributed by atoms with Crippen LogP contribution in [0.5, 0.6) is 0 Å². The highest BCUT2D eigenvalue weighted by Gasteiger charge is 2.09. The summed E-state index contributed by atoms with van der Waals surface area (Å²) in [5, 5.41) is -1.12. The second kappa shape index (κ2) is 4.74. The average Bonchev–Trinajstić information content (AvgIpc) is 2.15. The molecule has 1 rings (SSSR count). The van der Waals surface area contributed by atoms with Crippen molar-refractivity contribution in [3.05, 3.63) is 35.9 Å². The maximum atomic E-state index is 10.5. The molecule has 0 aliphatic rings. The van der Waals surface area contributed by atoms with Gasteiger partial charge in [-0.05, 0) is 5.56 Å². The van der Waals surface area contributed by atoms with Crippen LogP contribution in [0.15, 0.2) is 30.3 Å². The van der Waals surface area contributed by atoms with Crippen LogP contribution in [-0.2, 0) is 22.4 Å². The summed E-state index contributed by atoms with van der Waals surface area (Å²) in [4.78, 5) is 10.5. The lowest BCUT2D eigenvalue weighted by molar-refractivity contribution is 0.165. The quantitative estimate of drug-likeness (QED) is 0.581. The Balaban J connectivity index is 2.44. The smallest absolute Gasteiger partial charge is 0.425 e. The van der Waals surface area contributed by atoms with Crippen molar-refractivity contribution in [1.29, 1.82) is 0 Å². The molecule has 0 bridgehead atoms. The molecule has 0 aliphatic carbocycles. The van der Waals surface area contributed by atoms with Crippen molar-refractivity contribution < 1.29 is 18.3 Å². The predicted octanol–water partition coefficient (Wildman–Crippen LogP) is 1.54. The van der Waals surface area contributed by atoms with E-state index in [4.69, 9.17) is 4.55 Å². The molecule has 0 radical (unpaired) electrons. The molecule has 0 saturated heterocycles. The van der Waals surface area contributed by atoms with Crippen molar-refractivity contribution in [3.63, 3.8) is 0 Å². The van der Waals surface area contributed by atoms with Crippen molar-refractivity contribution in [3.8, 4) is 0 Å². The highest BCUT2D eigenvalue weighted by molar-refractivity contribution is 7.94. The van der Waals surface area contributed by atoms with Crippen LogP contribution in [0.25, 0.3) is 0 Å². The number of hydrogen-bond acceptors (Lipinski definition) is 3. The molecule has 1 aromatic rings. The zero-order chi connectivity index (χ0) is 9.68. The van der Waals surface area contributed by atoms with Crippen molar-refractivity contribution >= 4 is 16.4 Å². The number of rotatable bonds is 2. The van der Waals surface area contributed by atoms with Gasteiger partial charge in [0, 0.05) is 0 Å². The first-order valence-corrected chi connectivity index (χ1v) is 4.62. The molecule has 4 nitrogen and oxygen atoms in total. The van der Waals surface area contributed by atoms with E-state index in [1.165, 1.54) is 0 Å². The molecule has 1 N–H and O–H groups in total. The molecule has 1 atom stereocenters. The highest BCUT2D eigenvalue weighted by Crippen LogP contribution is 2.01. The van der Waals surface area contributed by atoms with E-state index in [0.29, 0.717) is 0 Å². The summed E-state index contributed by atoms with van der Waals surface area (Å²) in [6.07, 6.45) is 0. The zero-order valence-corrected chi connectivity index (χ0v) is 7.49. The van der Waals surface area contributed by atoms with Crippen LogP contribution < -0.4 is 0 Å². The summed E-state index contributed by atoms with van der Waals surface area (Å²) in [6.45, 7) is 0.0198. The number of benzene rings is 1. The van der Waals surface area contributed by atoms with Gasteiger partial charge in [0.05, 0.1) is 0 Å². The van der Waals surface area contributed by atoms with Crippen LogP contribution in [0.4, 0.5) is 4.79 Å². The third-order valence-corrected chi connectivity index (χ3v) is 1.75. The van der Waals surface area contributed by atoms with Gasteiger partial charge in [-0.15, -0.1) is 0 Å². The summed E-state index contributed by atoms with van der Waals surface area (Å²) in [5.74, 6) is 0. The Morgan fingerprint density at radius 1 is 1.38 bits per heavy atom. The van der Waals surface area contributed by atoms with Gasteiger partial charge in [0.1, 0.15) is 6.61 Å². The first kappa shape index (κ1) is 9.88. The fraction of sp³-hybridized carbons (Fsp3) is 0.125. The van der Waals surface area contributed by atoms with E-state index in [9.17, 15) is 9.00 Å². The summed E-state index contributed by atoms with van der Waals surface area (Å²) < 4.78 is 23.0. The Hall–Kier alpha value is -1.20. The molecule has 1 aromatic carbocycles. The molecule has 0 amide bonds. The minimum Gasteiger partial charge on any atom is -0.449 e. The largest absolute Gasteiger partial charge is 0.449 e. The third-order valence-electron chi connectivity index (χ3n) is 1.34. The van der Waals surface area contributed by atoms with Crippen LogP contribution in [0.3, 0.4) is 0 Å². The number of carbonyl (C=O) groups is 1. The van der Waals surface area contributed by atoms with Gasteiger partial charge >= 0.3 is 5.30 Å². The van der Waals surface area contributed by atoms with Gasteiger partial charge in [-0.3, -0.25) is 4.55 Å². The van der Waals surface area contributed by atoms with Gasteiger partial charge in [0.2, 0.25) is 0 Å². The molecule has 0 aliphatic heterocycles. The Labute approximate surface area is 77.8 Å². The molecule has 0 spiro atoms. The Bertz CT molecular complexity index is 309. The Morgan fingerprint density at radius 2 is 2.00 bits per heavy atom. The topological polar surface area (TPSA) is 63.6 Å². The standard InChI is InChI=1S/C8H8O4S/c9-8(13(10)11)12-6-7-4-2-1-3-5-7/h1-5H,6H2,(H,10,11). The molecule has 0 heterocycles. The molecule has 0 fully saturated rings. The molecule has 5 heteroatoms. The lowest BCUT2D eigenvalue weighted by Crippen LogP contribution is -2.08. The van der Waals surface area contributed by atoms with Crippen LogP contribution in [-0.4, -0.2) is 14.1 Å². The summed E-state index contributed by atoms with van der Waals surface area (Å²) in [7, 11) is 0. The molecule has 13 heavy (non-hydrogen) atoms. The molecule has 0 saturated carbocycles. The fourth-order valence-electron chi connectivity index (χ4n) is 0.767. The van der Waals surface area contributed by atoms with Gasteiger partial charge < -0.3 is 4.74 Å². The van der Waals surface area contributed by atoms with Gasteiger partial charge in [-0.1, -0.05) is 30.3 Å². The maximum Gasteiger partial charge on any atom is 0.425 e. The Morgan fingerprint density at radius 3 is 2.54 bits per heavy atom. The van der Waals surface area contributed by atoms with Crippen molar-refractivity contribution in [1.82, 2.24) is 0 Å². The highest BCUT2D eigenvalue weighted by atomic mass is 32.2. The minimum atomic E-state index is -2.55. The van der Waals surface area contributed by atoms with E-state index >= 15 is 0 Å². The van der Waals surface area contributed by atoms with Crippen LogP contribution in [0.1, 0.15) is 5.56 Å². The SMILES string of the molecule is O=C(OCc1ccccc1)S(=O)O. The van der Waals surface area contributed by atoms with Gasteiger partial charge in [-0.2, -0.15) is 0 Å². The van der Waals surface area contributed by atoms with Crippen molar-refractivity contribution in [2.24, 2.45) is 0 Å². The summed E-state index contributed by atoms with van der Waals surface area (Å²) in [5.41, 5.74) is 0.779. The van der Waals surface area contributed by atoms with E-state index in [1.807, 2.05) is 6.07 Å². The molecular formula is C8H8O4S. The van der Waals surface area contributed by atoms with E-state index in [0.717, 1.165) is 5.56 Å². The van der Waals surface area contributed by atoms with Crippen LogP contribution in [0, 0.1) is 0 Å². The first-order chi connectivity index (χ1) is 6.20. The molecule has 70 valence electrons. The van der Waals surface area contributed by atoms with E-state index in [1.54, 1.807) is 24.3 Å². The van der Waals surface area contributed by atoms with Crippen LogP contribution >= 0.6 is 0 Å². The fourth-order valence-corrected chi connectivity index (χ4v) is 0.927. The molecule has 0 aromatic heterocycles. The zero-order valence-electron chi connectivity index (χ0n) is 6.67. The lowest BCUT2D eigenvalue weighted by Gasteiger charge is -2.00. The molecule has 1 unspecified atom stereocenters. The van der Waals surface area contributed by atoms with E-state index in [2.05, 4.69) is 4.74 Å². The van der Waals surface area contributed by atoms with Crippen LogP contribution in [0.2, 0.25) is 0 Å². The number of hydrogen-bond donors (Lipinski definition) is 1. The third kappa shape index (κ3) is 3.35. The summed E-state index contributed by atoms with van der Waals surface area (Å²) in [6, 6.07) is 8.93. The van der Waals surface area contributed by atoms with E-state index < -0.39 is 16.4 Å². The van der Waals surface area contributed by atoms with Crippen molar-refractivity contribution in [2.75, 3.05) is 0 Å². The second-order valence-corrected chi connectivity index (χ2v) is 3.11. The van der Waals surface area contributed by atoms with Gasteiger partial charge in [0.15, 0.2) is 0 Å². The first-order valence-electron chi connectivity index (χ1n) is 3.51. The van der Waals surface area contributed by atoms with E-state index in [-0.39, 0.29) is 6.61 Å². The monoisotopic (exact) mass is 200 g/mol. The minimum absolute atomic E-state index is 0.0198. The number of carbonyl (C=O) groups excluding carboxylic acids is 1. The van der Waals surface area contributed by atoms with Gasteiger partial charge in [-0.25, -0.2) is 9.00 Å². The maximum absolute atomic E-state index is 10.5. The predicted molar refractivity (Wildman–Crippen MR) is 47.4 cm³/mol. The second-order valence-electron chi connectivity index (χ2n) is 2.27. The normalized spacial score (nSPS) is 12.1. The average molecular weight is 200 g/mol. The lowest BCUT2D eigenvalue weighted by atomic mass is 10.2. The Kier molecular flexibility index (Phi) is 3.60. The van der Waals surface area contributed by atoms with Gasteiger partial charge in [0.25, 0.3) is 11.1 Å². The molecular weight excluding hydrogens is 192 g/mol. The number of ether oxygens (including phenoxy) is 1.